The standard InChI is InChI=1S/C47H92N2O7/c1-7-13-17-20-21-22-23-24-27-34-45(50)53-40-38-49(37-36-48(11-5)12-6)39-41-54-47(52)56-44(32-26-19-15-9-3)33-28-29-35-46(51)55-42-43(30-16-10-4)31-25-18-14-8-2/h43-44H,7-42H2,1-6H3. The number of carbonyl (C=O) groups excluding carboxylic acids is 3. The number of esters is 2. The van der Waals surface area contributed by atoms with Crippen LogP contribution in [0.25, 0.3) is 0 Å². The van der Waals surface area contributed by atoms with Crippen molar-refractivity contribution in [1.82, 2.24) is 9.80 Å². The Kier molecular flexibility index (Phi) is 39.9. The zero-order chi connectivity index (χ0) is 41.3. The molecule has 332 valence electrons. The van der Waals surface area contributed by atoms with Gasteiger partial charge < -0.3 is 23.8 Å². The minimum absolute atomic E-state index is 0.112. The summed E-state index contributed by atoms with van der Waals surface area (Å²) in [5.41, 5.74) is 0. The SMILES string of the molecule is CCCCCCCCCCCC(=O)OCCN(CCOC(=O)OC(CCCCCC)CCCCC(=O)OCC(CCCC)CCCCCC)CCN(CC)CC. The molecule has 0 N–H and O–H groups in total. The van der Waals surface area contributed by atoms with Gasteiger partial charge in [-0.3, -0.25) is 14.5 Å². The third-order valence-corrected chi connectivity index (χ3v) is 11.1. The van der Waals surface area contributed by atoms with Gasteiger partial charge in [-0.2, -0.15) is 0 Å². The molecule has 2 atom stereocenters. The van der Waals surface area contributed by atoms with Crippen LogP contribution in [0.5, 0.6) is 0 Å². The number of unbranched alkanes of at least 4 members (excludes halogenated alkanes) is 16. The molecule has 0 spiro atoms. The van der Waals surface area contributed by atoms with Crippen LogP contribution in [-0.2, 0) is 28.5 Å². The summed E-state index contributed by atoms with van der Waals surface area (Å²) in [6.45, 7) is 19.1. The molecule has 0 saturated heterocycles. The lowest BCUT2D eigenvalue weighted by atomic mass is 9.96. The summed E-state index contributed by atoms with van der Waals surface area (Å²) in [6, 6.07) is 0. The van der Waals surface area contributed by atoms with Crippen LogP contribution in [0.2, 0.25) is 0 Å². The highest BCUT2D eigenvalue weighted by molar-refractivity contribution is 5.69. The molecule has 0 aromatic heterocycles. The molecule has 0 fully saturated rings. The van der Waals surface area contributed by atoms with Gasteiger partial charge in [0.15, 0.2) is 0 Å². The second-order valence-electron chi connectivity index (χ2n) is 16.1. The summed E-state index contributed by atoms with van der Waals surface area (Å²) in [5.74, 6) is 0.232. The summed E-state index contributed by atoms with van der Waals surface area (Å²) in [6.07, 6.45) is 28.1. The fraction of sp³-hybridized carbons (Fsp3) is 0.936. The highest BCUT2D eigenvalue weighted by Crippen LogP contribution is 2.20. The molecule has 0 bridgehead atoms. The van der Waals surface area contributed by atoms with Crippen molar-refractivity contribution in [3.8, 4) is 0 Å². The molecule has 9 nitrogen and oxygen atoms in total. The van der Waals surface area contributed by atoms with Crippen LogP contribution < -0.4 is 0 Å². The second-order valence-corrected chi connectivity index (χ2v) is 16.1. The number of ether oxygens (including phenoxy) is 4. The molecule has 0 aliphatic carbocycles. The summed E-state index contributed by atoms with van der Waals surface area (Å²) < 4.78 is 22.8. The van der Waals surface area contributed by atoms with Crippen molar-refractivity contribution in [3.05, 3.63) is 0 Å². The average molecular weight is 797 g/mol. The van der Waals surface area contributed by atoms with Crippen LogP contribution in [0.1, 0.15) is 215 Å². The maximum absolute atomic E-state index is 12.9. The van der Waals surface area contributed by atoms with Gasteiger partial charge in [0, 0.05) is 39.0 Å². The molecule has 9 heteroatoms. The topological polar surface area (TPSA) is 94.6 Å². The molecule has 0 aliphatic heterocycles. The molecule has 0 aromatic rings. The van der Waals surface area contributed by atoms with Gasteiger partial charge in [-0.05, 0) is 70.4 Å². The Morgan fingerprint density at radius 2 is 0.857 bits per heavy atom. The van der Waals surface area contributed by atoms with Gasteiger partial charge in [-0.15, -0.1) is 0 Å². The number of nitrogens with zero attached hydrogens (tertiary/aromatic N) is 2. The molecule has 56 heavy (non-hydrogen) atoms. The Balaban J connectivity index is 4.74. The maximum atomic E-state index is 12.9. The lowest BCUT2D eigenvalue weighted by Gasteiger charge is -2.26. The zero-order valence-electron chi connectivity index (χ0n) is 37.9. The van der Waals surface area contributed by atoms with E-state index < -0.39 is 6.16 Å². The minimum Gasteiger partial charge on any atom is -0.465 e. The molecular weight excluding hydrogens is 705 g/mol. The van der Waals surface area contributed by atoms with Crippen molar-refractivity contribution in [2.24, 2.45) is 5.92 Å². The number of likely N-dealkylation sites (N-methyl/N-ethyl adjacent to an activating group) is 1. The third-order valence-electron chi connectivity index (χ3n) is 11.1. The first-order valence-electron chi connectivity index (χ1n) is 23.9. The lowest BCUT2D eigenvalue weighted by Crippen LogP contribution is -2.39. The molecule has 0 aliphatic rings. The van der Waals surface area contributed by atoms with E-state index >= 15 is 0 Å². The van der Waals surface area contributed by atoms with E-state index in [2.05, 4.69) is 51.3 Å². The quantitative estimate of drug-likeness (QED) is 0.0340. The Morgan fingerprint density at radius 3 is 1.43 bits per heavy atom. The number of rotatable bonds is 42. The van der Waals surface area contributed by atoms with Gasteiger partial charge in [0.2, 0.25) is 0 Å². The predicted molar refractivity (Wildman–Crippen MR) is 233 cm³/mol. The zero-order valence-corrected chi connectivity index (χ0v) is 37.9. The monoisotopic (exact) mass is 797 g/mol. The Bertz CT molecular complexity index is 885. The lowest BCUT2D eigenvalue weighted by molar-refractivity contribution is -0.145. The summed E-state index contributed by atoms with van der Waals surface area (Å²) in [7, 11) is 0. The predicted octanol–water partition coefficient (Wildman–Crippen LogP) is 12.5. The molecule has 0 heterocycles. The van der Waals surface area contributed by atoms with E-state index in [1.165, 1.54) is 89.9 Å². The van der Waals surface area contributed by atoms with Crippen molar-refractivity contribution >= 4 is 18.1 Å². The van der Waals surface area contributed by atoms with E-state index in [0.717, 1.165) is 90.4 Å². The second kappa shape index (κ2) is 41.3. The Morgan fingerprint density at radius 1 is 0.429 bits per heavy atom. The Labute approximate surface area is 346 Å². The van der Waals surface area contributed by atoms with Crippen LogP contribution in [0, 0.1) is 5.92 Å². The first kappa shape index (κ1) is 54.1. The molecule has 0 amide bonds. The molecule has 0 saturated carbocycles. The fourth-order valence-electron chi connectivity index (χ4n) is 7.18. The summed E-state index contributed by atoms with van der Waals surface area (Å²) in [4.78, 5) is 42.5. The highest BCUT2D eigenvalue weighted by Gasteiger charge is 2.18. The van der Waals surface area contributed by atoms with Crippen LogP contribution in [0.4, 0.5) is 4.79 Å². The molecule has 0 aromatic carbocycles. The van der Waals surface area contributed by atoms with E-state index in [4.69, 9.17) is 18.9 Å². The smallest absolute Gasteiger partial charge is 0.465 e. The van der Waals surface area contributed by atoms with Crippen LogP contribution >= 0.6 is 0 Å². The third kappa shape index (κ3) is 35.3. The van der Waals surface area contributed by atoms with Crippen LogP contribution in [-0.4, -0.2) is 93.1 Å². The fourth-order valence-corrected chi connectivity index (χ4v) is 7.18. The van der Waals surface area contributed by atoms with Gasteiger partial charge in [-0.1, -0.05) is 151 Å². The van der Waals surface area contributed by atoms with E-state index in [9.17, 15) is 14.4 Å². The van der Waals surface area contributed by atoms with Gasteiger partial charge in [0.25, 0.3) is 0 Å². The highest BCUT2D eigenvalue weighted by atomic mass is 16.7. The van der Waals surface area contributed by atoms with E-state index in [1.54, 1.807) is 0 Å². The molecule has 0 radical (unpaired) electrons. The van der Waals surface area contributed by atoms with Crippen molar-refractivity contribution in [3.63, 3.8) is 0 Å². The van der Waals surface area contributed by atoms with Gasteiger partial charge in [0.05, 0.1) is 6.61 Å². The molecule has 2 unspecified atom stereocenters. The van der Waals surface area contributed by atoms with Crippen LogP contribution in [0.3, 0.4) is 0 Å². The van der Waals surface area contributed by atoms with E-state index in [0.29, 0.717) is 51.5 Å². The summed E-state index contributed by atoms with van der Waals surface area (Å²) in [5, 5.41) is 0. The number of hydrogen-bond donors (Lipinski definition) is 0. The van der Waals surface area contributed by atoms with E-state index in [-0.39, 0.29) is 24.6 Å². The van der Waals surface area contributed by atoms with Crippen molar-refractivity contribution < 1.29 is 33.3 Å². The van der Waals surface area contributed by atoms with Crippen molar-refractivity contribution in [2.45, 2.75) is 221 Å². The van der Waals surface area contributed by atoms with Gasteiger partial charge >= 0.3 is 18.1 Å². The average Bonchev–Trinajstić information content (AvgIpc) is 3.19. The summed E-state index contributed by atoms with van der Waals surface area (Å²) >= 11 is 0. The normalized spacial score (nSPS) is 12.6. The number of carbonyl (C=O) groups is 3. The van der Waals surface area contributed by atoms with Crippen molar-refractivity contribution in [2.75, 3.05) is 59.1 Å². The minimum atomic E-state index is -0.627. The van der Waals surface area contributed by atoms with Crippen LogP contribution in [0.15, 0.2) is 0 Å². The number of hydrogen-bond acceptors (Lipinski definition) is 9. The van der Waals surface area contributed by atoms with Gasteiger partial charge in [0.1, 0.15) is 19.3 Å². The van der Waals surface area contributed by atoms with Crippen molar-refractivity contribution in [1.29, 1.82) is 0 Å². The van der Waals surface area contributed by atoms with Gasteiger partial charge in [-0.25, -0.2) is 4.79 Å². The molecule has 0 rings (SSSR count). The Hall–Kier alpha value is -1.87. The largest absolute Gasteiger partial charge is 0.508 e. The van der Waals surface area contributed by atoms with E-state index in [1.807, 2.05) is 0 Å². The first-order chi connectivity index (χ1) is 27.3. The first-order valence-corrected chi connectivity index (χ1v) is 23.9. The maximum Gasteiger partial charge on any atom is 0.508 e. The molecular formula is C47H92N2O7.